The number of rotatable bonds is 8. The molecule has 0 aromatic rings. The molecule has 3 atom stereocenters. The number of methoxy groups -OCH3 is 1. The first-order valence-electron chi connectivity index (χ1n) is 7.60. The van der Waals surface area contributed by atoms with Crippen LogP contribution in [0.5, 0.6) is 0 Å². The molecule has 18 heavy (non-hydrogen) atoms. The lowest BCUT2D eigenvalue weighted by atomic mass is 9.77. The number of hydrogen-bond acceptors (Lipinski definition) is 3. The van der Waals surface area contributed by atoms with Crippen LogP contribution in [0.15, 0.2) is 0 Å². The van der Waals surface area contributed by atoms with Gasteiger partial charge in [0.2, 0.25) is 0 Å². The molecule has 0 spiro atoms. The van der Waals surface area contributed by atoms with Gasteiger partial charge >= 0.3 is 0 Å². The van der Waals surface area contributed by atoms with Gasteiger partial charge in [-0.3, -0.25) is 0 Å². The molecule has 0 aliphatic heterocycles. The quantitative estimate of drug-likeness (QED) is 0.725. The monoisotopic (exact) mass is 257 g/mol. The van der Waals surface area contributed by atoms with Crippen molar-refractivity contribution < 1.29 is 9.84 Å². The Hall–Kier alpha value is -0.120. The van der Waals surface area contributed by atoms with E-state index in [2.05, 4.69) is 18.7 Å². The summed E-state index contributed by atoms with van der Waals surface area (Å²) in [4.78, 5) is 2.41. The summed E-state index contributed by atoms with van der Waals surface area (Å²) in [6, 6.07) is 0. The lowest BCUT2D eigenvalue weighted by Crippen LogP contribution is -2.40. The Morgan fingerprint density at radius 2 is 2.06 bits per heavy atom. The fourth-order valence-electron chi connectivity index (χ4n) is 3.14. The van der Waals surface area contributed by atoms with Gasteiger partial charge in [0.1, 0.15) is 0 Å². The van der Waals surface area contributed by atoms with Gasteiger partial charge in [-0.05, 0) is 37.6 Å². The van der Waals surface area contributed by atoms with Crippen molar-refractivity contribution in [2.24, 2.45) is 11.8 Å². The third-order valence-electron chi connectivity index (χ3n) is 4.30. The average Bonchev–Trinajstić information content (AvgIpc) is 2.38. The van der Waals surface area contributed by atoms with Gasteiger partial charge in [0.25, 0.3) is 0 Å². The van der Waals surface area contributed by atoms with Crippen molar-refractivity contribution in [1.82, 2.24) is 4.90 Å². The number of aliphatic hydroxyl groups excluding tert-OH is 1. The number of aliphatic hydroxyl groups is 1. The highest BCUT2D eigenvalue weighted by Gasteiger charge is 2.29. The van der Waals surface area contributed by atoms with Crippen LogP contribution >= 0.6 is 0 Å². The number of nitrogens with zero attached hydrogens (tertiary/aromatic N) is 1. The molecule has 3 heteroatoms. The van der Waals surface area contributed by atoms with Crippen LogP contribution in [0, 0.1) is 11.8 Å². The molecule has 0 saturated heterocycles. The Morgan fingerprint density at radius 1 is 1.28 bits per heavy atom. The van der Waals surface area contributed by atoms with Gasteiger partial charge in [-0.2, -0.15) is 0 Å². The maximum atomic E-state index is 10.2. The Labute approximate surface area is 113 Å². The largest absolute Gasteiger partial charge is 0.393 e. The van der Waals surface area contributed by atoms with E-state index in [0.29, 0.717) is 5.92 Å². The van der Waals surface area contributed by atoms with Crippen LogP contribution in [0.2, 0.25) is 0 Å². The fraction of sp³-hybridized carbons (Fsp3) is 1.00. The Bertz CT molecular complexity index is 211. The van der Waals surface area contributed by atoms with E-state index < -0.39 is 0 Å². The van der Waals surface area contributed by atoms with Crippen LogP contribution in [0.3, 0.4) is 0 Å². The van der Waals surface area contributed by atoms with E-state index in [9.17, 15) is 5.11 Å². The minimum absolute atomic E-state index is 0.0882. The topological polar surface area (TPSA) is 32.7 Å². The van der Waals surface area contributed by atoms with Crippen molar-refractivity contribution in [1.29, 1.82) is 0 Å². The van der Waals surface area contributed by atoms with Gasteiger partial charge < -0.3 is 14.7 Å². The highest BCUT2D eigenvalue weighted by atomic mass is 16.5. The summed E-state index contributed by atoms with van der Waals surface area (Å²) < 4.78 is 5.15. The highest BCUT2D eigenvalue weighted by molar-refractivity contribution is 4.81. The van der Waals surface area contributed by atoms with Gasteiger partial charge in [-0.15, -0.1) is 0 Å². The van der Waals surface area contributed by atoms with Crippen molar-refractivity contribution >= 4 is 0 Å². The zero-order chi connectivity index (χ0) is 13.4. The molecule has 0 amide bonds. The molecule has 1 N–H and O–H groups in total. The molecule has 0 radical (unpaired) electrons. The number of likely N-dealkylation sites (N-methyl/N-ethyl adjacent to an activating group) is 1. The van der Waals surface area contributed by atoms with Gasteiger partial charge in [0.05, 0.1) is 12.7 Å². The Balaban J connectivity index is 2.40. The van der Waals surface area contributed by atoms with E-state index >= 15 is 0 Å². The molecule has 3 nitrogen and oxygen atoms in total. The van der Waals surface area contributed by atoms with Crippen LogP contribution in [0.25, 0.3) is 0 Å². The minimum Gasteiger partial charge on any atom is -0.393 e. The molecule has 1 rings (SSSR count). The molecule has 0 bridgehead atoms. The molecule has 3 unspecified atom stereocenters. The lowest BCUT2D eigenvalue weighted by molar-refractivity contribution is 0.0223. The molecule has 1 aliphatic carbocycles. The number of hydrogen-bond donors (Lipinski definition) is 1. The third-order valence-corrected chi connectivity index (χ3v) is 4.30. The fourth-order valence-corrected chi connectivity index (χ4v) is 3.14. The summed E-state index contributed by atoms with van der Waals surface area (Å²) >= 11 is 0. The van der Waals surface area contributed by atoms with E-state index in [4.69, 9.17) is 4.74 Å². The molecule has 1 saturated carbocycles. The van der Waals surface area contributed by atoms with Crippen molar-refractivity contribution in [3.8, 4) is 0 Å². The van der Waals surface area contributed by atoms with Crippen LogP contribution in [0.4, 0.5) is 0 Å². The van der Waals surface area contributed by atoms with Crippen molar-refractivity contribution in [3.63, 3.8) is 0 Å². The predicted molar refractivity (Wildman–Crippen MR) is 75.7 cm³/mol. The van der Waals surface area contributed by atoms with Gasteiger partial charge in [-0.25, -0.2) is 0 Å². The summed E-state index contributed by atoms with van der Waals surface area (Å²) in [7, 11) is 1.75. The van der Waals surface area contributed by atoms with Gasteiger partial charge in [0.15, 0.2) is 0 Å². The molecule has 0 heterocycles. The highest BCUT2D eigenvalue weighted by Crippen LogP contribution is 2.32. The second kappa shape index (κ2) is 8.89. The Morgan fingerprint density at radius 3 is 2.67 bits per heavy atom. The molecule has 108 valence electrons. The molecule has 0 aromatic heterocycles. The lowest BCUT2D eigenvalue weighted by Gasteiger charge is -2.36. The van der Waals surface area contributed by atoms with Crippen LogP contribution in [-0.2, 0) is 4.74 Å². The summed E-state index contributed by atoms with van der Waals surface area (Å²) in [6.07, 6.45) is 5.93. The SMILES string of the molecule is CCCC1CCC(O)C(CN(CC)CCOC)C1. The summed E-state index contributed by atoms with van der Waals surface area (Å²) in [6.45, 7) is 8.29. The van der Waals surface area contributed by atoms with Crippen LogP contribution in [0.1, 0.15) is 46.0 Å². The van der Waals surface area contributed by atoms with E-state index in [1.54, 1.807) is 7.11 Å². The number of ether oxygens (including phenoxy) is 1. The van der Waals surface area contributed by atoms with Gasteiger partial charge in [0, 0.05) is 20.2 Å². The second-order valence-corrected chi connectivity index (χ2v) is 5.68. The third kappa shape index (κ3) is 5.25. The van der Waals surface area contributed by atoms with E-state index in [-0.39, 0.29) is 6.10 Å². The maximum absolute atomic E-state index is 10.2. The first-order chi connectivity index (χ1) is 8.71. The van der Waals surface area contributed by atoms with E-state index in [1.165, 1.54) is 25.7 Å². The zero-order valence-corrected chi connectivity index (χ0v) is 12.4. The zero-order valence-electron chi connectivity index (χ0n) is 12.4. The van der Waals surface area contributed by atoms with Crippen molar-refractivity contribution in [2.45, 2.75) is 52.1 Å². The molecule has 1 aliphatic rings. The Kier molecular flexibility index (Phi) is 7.87. The summed E-state index contributed by atoms with van der Waals surface area (Å²) in [5.74, 6) is 1.30. The maximum Gasteiger partial charge on any atom is 0.0589 e. The molecular formula is C15H31NO2. The summed E-state index contributed by atoms with van der Waals surface area (Å²) in [5.41, 5.74) is 0. The predicted octanol–water partition coefficient (Wildman–Crippen LogP) is 2.53. The smallest absolute Gasteiger partial charge is 0.0589 e. The van der Waals surface area contributed by atoms with Crippen molar-refractivity contribution in [2.75, 3.05) is 33.4 Å². The van der Waals surface area contributed by atoms with E-state index in [0.717, 1.165) is 38.6 Å². The normalized spacial score (nSPS) is 28.8. The summed E-state index contributed by atoms with van der Waals surface area (Å²) in [5, 5.41) is 10.2. The standard InChI is InChI=1S/C15H31NO2/c1-4-6-13-7-8-15(17)14(11-13)12-16(5-2)9-10-18-3/h13-15,17H,4-12H2,1-3H3. The van der Waals surface area contributed by atoms with Gasteiger partial charge in [-0.1, -0.05) is 26.7 Å². The second-order valence-electron chi connectivity index (χ2n) is 5.68. The van der Waals surface area contributed by atoms with Crippen LogP contribution in [-0.4, -0.2) is 49.5 Å². The minimum atomic E-state index is -0.0882. The van der Waals surface area contributed by atoms with Crippen molar-refractivity contribution in [3.05, 3.63) is 0 Å². The molecule has 1 fully saturated rings. The first-order valence-corrected chi connectivity index (χ1v) is 7.60. The first kappa shape index (κ1) is 15.9. The van der Waals surface area contributed by atoms with Crippen LogP contribution < -0.4 is 0 Å². The molecular weight excluding hydrogens is 226 g/mol. The average molecular weight is 257 g/mol. The van der Waals surface area contributed by atoms with E-state index in [1.807, 2.05) is 0 Å². The molecule has 0 aromatic carbocycles.